The van der Waals surface area contributed by atoms with E-state index in [1.807, 2.05) is 36.4 Å². The van der Waals surface area contributed by atoms with Gasteiger partial charge in [0.2, 0.25) is 0 Å². The Morgan fingerprint density at radius 1 is 0.941 bits per heavy atom. The van der Waals surface area contributed by atoms with E-state index in [-0.39, 0.29) is 50.2 Å². The van der Waals surface area contributed by atoms with Crippen LogP contribution in [0, 0.1) is 0 Å². The van der Waals surface area contributed by atoms with Crippen LogP contribution >= 0.6 is 0 Å². The van der Waals surface area contributed by atoms with Gasteiger partial charge in [0, 0.05) is 12.3 Å². The van der Waals surface area contributed by atoms with Crippen LogP contribution in [0.25, 0.3) is 11.1 Å². The molecular formula is C27H24LiNO5. The normalized spacial score (nSPS) is 12.5. The molecule has 6 nitrogen and oxygen atoms in total. The van der Waals surface area contributed by atoms with E-state index in [1.54, 1.807) is 12.1 Å². The van der Waals surface area contributed by atoms with Crippen LogP contribution in [0.3, 0.4) is 0 Å². The van der Waals surface area contributed by atoms with Crippen molar-refractivity contribution in [3.63, 3.8) is 0 Å². The van der Waals surface area contributed by atoms with Crippen LogP contribution in [0.15, 0.2) is 85.5 Å². The fraction of sp³-hybridized carbons (Fsp3) is 0.185. The maximum absolute atomic E-state index is 12.6. The summed E-state index contributed by atoms with van der Waals surface area (Å²) < 4.78 is 10.7. The third-order valence-electron chi connectivity index (χ3n) is 5.63. The second-order valence-electron chi connectivity index (χ2n) is 7.79. The fourth-order valence-corrected chi connectivity index (χ4v) is 4.08. The summed E-state index contributed by atoms with van der Waals surface area (Å²) in [6.45, 7) is 3.70. The van der Waals surface area contributed by atoms with Gasteiger partial charge in [-0.1, -0.05) is 85.5 Å². The van der Waals surface area contributed by atoms with E-state index < -0.39 is 18.1 Å². The maximum Gasteiger partial charge on any atom is 1.00 e. The van der Waals surface area contributed by atoms with Gasteiger partial charge in [0.15, 0.2) is 0 Å². The van der Waals surface area contributed by atoms with Gasteiger partial charge in [0.05, 0.1) is 0 Å². The number of carbonyl (C=O) groups excluding carboxylic acids is 2. The van der Waals surface area contributed by atoms with Crippen molar-refractivity contribution in [2.45, 2.75) is 18.4 Å². The molecule has 1 aliphatic carbocycles. The van der Waals surface area contributed by atoms with Crippen molar-refractivity contribution in [1.82, 2.24) is 5.32 Å². The zero-order valence-corrected chi connectivity index (χ0v) is 19.0. The number of hydrogen-bond acceptors (Lipinski definition) is 5. The van der Waals surface area contributed by atoms with Crippen molar-refractivity contribution >= 4 is 12.1 Å². The molecule has 0 spiro atoms. The van der Waals surface area contributed by atoms with Crippen LogP contribution in [0.4, 0.5) is 4.79 Å². The van der Waals surface area contributed by atoms with Gasteiger partial charge in [-0.05, 0) is 27.8 Å². The van der Waals surface area contributed by atoms with E-state index in [1.165, 1.54) is 18.2 Å². The summed E-state index contributed by atoms with van der Waals surface area (Å²) in [6.07, 6.45) is 0.910. The molecule has 0 saturated heterocycles. The Hall–Kier alpha value is -3.46. The van der Waals surface area contributed by atoms with Crippen molar-refractivity contribution in [3.05, 3.63) is 102 Å². The van der Waals surface area contributed by atoms with Crippen LogP contribution in [-0.4, -0.2) is 31.3 Å². The quantitative estimate of drug-likeness (QED) is 0.314. The fourth-order valence-electron chi connectivity index (χ4n) is 4.08. The maximum atomic E-state index is 12.6. The van der Waals surface area contributed by atoms with Crippen LogP contribution < -0.4 is 29.3 Å². The number of esters is 1. The Balaban J connectivity index is 0.00000324. The predicted octanol–water partition coefficient (Wildman–Crippen LogP) is 0.943. The number of rotatable bonds is 8. The molecule has 1 unspecified atom stereocenters. The molecule has 0 saturated carbocycles. The zero-order chi connectivity index (χ0) is 23.2. The number of carbonyl (C=O) groups is 2. The van der Waals surface area contributed by atoms with Crippen LogP contribution in [0.5, 0.6) is 5.75 Å². The smallest absolute Gasteiger partial charge is 0.872 e. The van der Waals surface area contributed by atoms with E-state index in [0.29, 0.717) is 5.56 Å². The number of benzene rings is 3. The summed E-state index contributed by atoms with van der Waals surface area (Å²) in [5, 5.41) is 14.0. The molecule has 4 rings (SSSR count). The second kappa shape index (κ2) is 11.6. The standard InChI is InChI=1S/C27H25NO5.Li/c1-2-15-32-26(30)25(16-18-11-13-19(29)14-12-18)28-27(31)33-17-24-22-9-5-3-7-20(22)21-8-4-6-10-23(21)24;/h2-14,24-25,29H,1,15-17H2,(H,28,31);/q;+1/p-1. The summed E-state index contributed by atoms with van der Waals surface area (Å²) >= 11 is 0. The molecule has 168 valence electrons. The Labute approximate surface area is 210 Å². The van der Waals surface area contributed by atoms with Gasteiger partial charge in [-0.2, -0.15) is 0 Å². The minimum Gasteiger partial charge on any atom is -0.872 e. The van der Waals surface area contributed by atoms with E-state index in [9.17, 15) is 14.7 Å². The third kappa shape index (κ3) is 5.71. The summed E-state index contributed by atoms with van der Waals surface area (Å²) in [5.41, 5.74) is 5.19. The van der Waals surface area contributed by atoms with Crippen molar-refractivity contribution in [3.8, 4) is 16.9 Å². The molecule has 0 heterocycles. The molecule has 0 fully saturated rings. The summed E-state index contributed by atoms with van der Waals surface area (Å²) in [7, 11) is 0. The van der Waals surface area contributed by atoms with Gasteiger partial charge < -0.3 is 19.9 Å². The number of nitrogens with one attached hydrogen (secondary N) is 1. The molecule has 7 heteroatoms. The van der Waals surface area contributed by atoms with Crippen LogP contribution in [0.1, 0.15) is 22.6 Å². The van der Waals surface area contributed by atoms with E-state index >= 15 is 0 Å². The van der Waals surface area contributed by atoms with Crippen molar-refractivity contribution < 1.29 is 43.0 Å². The average molecular weight is 449 g/mol. The van der Waals surface area contributed by atoms with Crippen molar-refractivity contribution in [2.75, 3.05) is 13.2 Å². The van der Waals surface area contributed by atoms with E-state index in [0.717, 1.165) is 22.3 Å². The molecule has 0 bridgehead atoms. The molecule has 0 aromatic heterocycles. The molecule has 1 aliphatic rings. The first kappa shape index (κ1) is 25.2. The first-order valence-electron chi connectivity index (χ1n) is 10.7. The van der Waals surface area contributed by atoms with Gasteiger partial charge in [-0.25, -0.2) is 9.59 Å². The zero-order valence-electron chi connectivity index (χ0n) is 19.0. The number of fused-ring (bicyclic) bond motifs is 3. The molecule has 3 aromatic carbocycles. The first-order chi connectivity index (χ1) is 16.1. The van der Waals surface area contributed by atoms with E-state index in [4.69, 9.17) is 9.47 Å². The summed E-state index contributed by atoms with van der Waals surface area (Å²) in [6, 6.07) is 21.2. The van der Waals surface area contributed by atoms with Gasteiger partial charge in [-0.15, -0.1) is 5.75 Å². The van der Waals surface area contributed by atoms with Crippen molar-refractivity contribution in [1.29, 1.82) is 0 Å². The minimum absolute atomic E-state index is 0. The molecule has 1 N–H and O–H groups in total. The first-order valence-corrected chi connectivity index (χ1v) is 10.7. The SMILES string of the molecule is C=CCOC(=O)C(Cc1ccc([O-])cc1)NC(=O)OCC1c2ccccc2-c2ccccc21.[Li+]. The van der Waals surface area contributed by atoms with E-state index in [2.05, 4.69) is 24.0 Å². The third-order valence-corrected chi connectivity index (χ3v) is 5.63. The second-order valence-corrected chi connectivity index (χ2v) is 7.79. The molecule has 1 amide bonds. The molecular weight excluding hydrogens is 425 g/mol. The molecule has 3 aromatic rings. The van der Waals surface area contributed by atoms with Crippen LogP contribution in [-0.2, 0) is 20.7 Å². The van der Waals surface area contributed by atoms with Gasteiger partial charge >= 0.3 is 30.9 Å². The van der Waals surface area contributed by atoms with Gasteiger partial charge in [0.1, 0.15) is 19.3 Å². The Morgan fingerprint density at radius 3 is 2.12 bits per heavy atom. The Morgan fingerprint density at radius 2 is 1.53 bits per heavy atom. The Bertz CT molecular complexity index is 1120. The number of hydrogen-bond donors (Lipinski definition) is 1. The summed E-state index contributed by atoms with van der Waals surface area (Å²) in [4.78, 5) is 25.1. The molecule has 0 aliphatic heterocycles. The molecule has 0 radical (unpaired) electrons. The number of alkyl carbamates (subject to hydrolysis) is 1. The number of ether oxygens (including phenoxy) is 2. The Kier molecular flexibility index (Phi) is 8.59. The summed E-state index contributed by atoms with van der Waals surface area (Å²) in [5.74, 6) is -0.817. The number of amides is 1. The topological polar surface area (TPSA) is 87.7 Å². The monoisotopic (exact) mass is 449 g/mol. The van der Waals surface area contributed by atoms with Gasteiger partial charge in [0.25, 0.3) is 0 Å². The molecule has 34 heavy (non-hydrogen) atoms. The van der Waals surface area contributed by atoms with Crippen LogP contribution in [0.2, 0.25) is 0 Å². The molecule has 1 atom stereocenters. The average Bonchev–Trinajstić information content (AvgIpc) is 3.16. The predicted molar refractivity (Wildman–Crippen MR) is 123 cm³/mol. The van der Waals surface area contributed by atoms with Crippen molar-refractivity contribution in [2.24, 2.45) is 0 Å². The van der Waals surface area contributed by atoms with Gasteiger partial charge in [-0.3, -0.25) is 0 Å². The largest absolute Gasteiger partial charge is 1.00 e. The minimum atomic E-state index is -0.960.